The van der Waals surface area contributed by atoms with Crippen LogP contribution in [0.15, 0.2) is 0 Å². The summed E-state index contributed by atoms with van der Waals surface area (Å²) in [5, 5.41) is 3.18. The maximum atomic E-state index is 13.4. The first-order chi connectivity index (χ1) is 13.7. The maximum absolute atomic E-state index is 13.4. The van der Waals surface area contributed by atoms with Gasteiger partial charge in [0, 0.05) is 7.05 Å². The molecule has 2 amide bonds. The molecule has 0 radical (unpaired) electrons. The van der Waals surface area contributed by atoms with E-state index in [9.17, 15) is 14.4 Å². The molecular weight excluding hydrogens is 422 g/mol. The van der Waals surface area contributed by atoms with E-state index in [2.05, 4.69) is 5.32 Å². The number of amides is 2. The topological polar surface area (TPSA) is 79.0 Å². The molecule has 2 aliphatic heterocycles. The van der Waals surface area contributed by atoms with Crippen molar-refractivity contribution in [1.29, 1.82) is 0 Å². The second-order valence-electron chi connectivity index (χ2n) is 9.89. The number of hydrogen-bond donors (Lipinski definition) is 1. The van der Waals surface area contributed by atoms with E-state index in [1.807, 2.05) is 13.8 Å². The molecule has 1 N–H and O–H groups in total. The highest BCUT2D eigenvalue weighted by atomic mass is 32.2. The first-order valence-electron chi connectivity index (χ1n) is 10.4. The monoisotopic (exact) mass is 457 g/mol. The van der Waals surface area contributed by atoms with Gasteiger partial charge in [-0.3, -0.25) is 9.59 Å². The van der Waals surface area contributed by atoms with Crippen molar-refractivity contribution < 1.29 is 19.1 Å². The highest BCUT2D eigenvalue weighted by molar-refractivity contribution is 7.99. The van der Waals surface area contributed by atoms with Crippen molar-refractivity contribution >= 4 is 46.8 Å². The van der Waals surface area contributed by atoms with Crippen LogP contribution in [0.4, 0.5) is 4.79 Å². The van der Waals surface area contributed by atoms with Gasteiger partial charge >= 0.3 is 6.09 Å². The van der Waals surface area contributed by atoms with E-state index in [1.54, 1.807) is 58.3 Å². The number of rotatable bonds is 4. The Morgan fingerprint density at radius 2 is 1.97 bits per heavy atom. The van der Waals surface area contributed by atoms with Gasteiger partial charge in [0.1, 0.15) is 11.6 Å². The zero-order valence-electron chi connectivity index (χ0n) is 19.3. The number of nitrogens with zero attached hydrogens (tertiary/aromatic N) is 2. The van der Waals surface area contributed by atoms with E-state index >= 15 is 0 Å². The molecule has 170 valence electrons. The predicted octanol–water partition coefficient (Wildman–Crippen LogP) is 3.21. The van der Waals surface area contributed by atoms with E-state index in [4.69, 9.17) is 17.0 Å². The van der Waals surface area contributed by atoms with Crippen molar-refractivity contribution in [3.8, 4) is 0 Å². The number of nitrogens with one attached hydrogen (secondary N) is 1. The zero-order chi connectivity index (χ0) is 23.0. The lowest BCUT2D eigenvalue weighted by Gasteiger charge is -2.34. The number of likely N-dealkylation sites (N-methyl/N-ethyl adjacent to an activating group) is 1. The molecule has 0 saturated carbocycles. The number of thioether (sulfide) groups is 1. The van der Waals surface area contributed by atoms with Gasteiger partial charge in [-0.2, -0.15) is 0 Å². The second kappa shape index (κ2) is 9.02. The minimum atomic E-state index is -0.603. The second-order valence-corrected chi connectivity index (χ2v) is 11.6. The Morgan fingerprint density at radius 3 is 2.50 bits per heavy atom. The Labute approximate surface area is 189 Å². The smallest absolute Gasteiger partial charge is 0.410 e. The average Bonchev–Trinajstić information content (AvgIpc) is 2.79. The van der Waals surface area contributed by atoms with E-state index in [0.29, 0.717) is 11.4 Å². The van der Waals surface area contributed by atoms with Crippen LogP contribution in [-0.4, -0.2) is 74.5 Å². The molecule has 2 rings (SSSR count). The summed E-state index contributed by atoms with van der Waals surface area (Å²) in [7, 11) is 1.63. The van der Waals surface area contributed by atoms with Crippen molar-refractivity contribution in [2.24, 2.45) is 5.41 Å². The first-order valence-corrected chi connectivity index (χ1v) is 11.8. The number of hydrogen-bond acceptors (Lipinski definition) is 6. The molecule has 9 heteroatoms. The fourth-order valence-electron chi connectivity index (χ4n) is 4.08. The Kier molecular flexibility index (Phi) is 7.49. The number of thiocarbonyl (C=S) groups is 1. The van der Waals surface area contributed by atoms with Crippen LogP contribution in [0.5, 0.6) is 0 Å². The van der Waals surface area contributed by atoms with Gasteiger partial charge in [0.05, 0.1) is 22.4 Å². The molecule has 0 spiro atoms. The molecule has 0 unspecified atom stereocenters. The highest BCUT2D eigenvalue weighted by Gasteiger charge is 2.53. The molecule has 0 aliphatic carbocycles. The molecular formula is C21H35N3O4S2. The summed E-state index contributed by atoms with van der Waals surface area (Å²) in [4.78, 5) is 41.7. The minimum Gasteiger partial charge on any atom is -0.444 e. The summed E-state index contributed by atoms with van der Waals surface area (Å²) in [6.45, 7) is 12.9. The third-order valence-electron chi connectivity index (χ3n) is 5.64. The summed E-state index contributed by atoms with van der Waals surface area (Å²) in [6.07, 6.45) is 0.938. The highest BCUT2D eigenvalue weighted by Crippen LogP contribution is 2.46. The SMILES string of the molecule is CC(=O)[C@H]1N2C(=O)[C@@H](NC(=S)[C@H](C)N(C)C(=O)OC(C)(C)C)CCS[C@H]2CC1(C)C. The van der Waals surface area contributed by atoms with E-state index in [0.717, 1.165) is 12.2 Å². The van der Waals surface area contributed by atoms with Gasteiger partial charge in [0.2, 0.25) is 5.91 Å². The van der Waals surface area contributed by atoms with Gasteiger partial charge in [0.25, 0.3) is 0 Å². The largest absolute Gasteiger partial charge is 0.444 e. The van der Waals surface area contributed by atoms with Crippen LogP contribution in [0.2, 0.25) is 0 Å². The van der Waals surface area contributed by atoms with Crippen molar-refractivity contribution in [2.45, 2.75) is 90.4 Å². The van der Waals surface area contributed by atoms with Gasteiger partial charge in [0.15, 0.2) is 5.78 Å². The van der Waals surface area contributed by atoms with E-state index in [1.165, 1.54) is 4.90 Å². The summed E-state index contributed by atoms with van der Waals surface area (Å²) in [5.74, 6) is 0.715. The third kappa shape index (κ3) is 5.46. The maximum Gasteiger partial charge on any atom is 0.410 e. The molecule has 0 bridgehead atoms. The summed E-state index contributed by atoms with van der Waals surface area (Å²) < 4.78 is 5.41. The fourth-order valence-corrected chi connectivity index (χ4v) is 5.95. The van der Waals surface area contributed by atoms with E-state index in [-0.39, 0.29) is 22.5 Å². The molecule has 2 aliphatic rings. The summed E-state index contributed by atoms with van der Waals surface area (Å²) >= 11 is 7.26. The molecule has 2 saturated heterocycles. The number of carbonyl (C=O) groups is 3. The normalized spacial score (nSPS) is 27.0. The van der Waals surface area contributed by atoms with Gasteiger partial charge < -0.3 is 19.9 Å². The summed E-state index contributed by atoms with van der Waals surface area (Å²) in [6, 6.07) is -1.38. The Hall–Kier alpha value is -1.35. The Balaban J connectivity index is 2.12. The van der Waals surface area contributed by atoms with Crippen molar-refractivity contribution in [3.05, 3.63) is 0 Å². The molecule has 2 heterocycles. The van der Waals surface area contributed by atoms with Gasteiger partial charge in [-0.25, -0.2) is 4.79 Å². The van der Waals surface area contributed by atoms with Crippen LogP contribution in [0.1, 0.15) is 61.3 Å². The lowest BCUT2D eigenvalue weighted by Crippen LogP contribution is -2.56. The van der Waals surface area contributed by atoms with Crippen molar-refractivity contribution in [3.63, 3.8) is 0 Å². The standard InChI is InChI=1S/C21H35N3O4S2/c1-12(23(8)19(27)28-20(3,4)5)17(29)22-14-9-10-30-15-11-21(6,7)16(13(2)25)24(15)18(14)26/h12,14-16H,9-11H2,1-8H3,(H,22,29)/t12-,14-,15-,16+/m0/s1. The average molecular weight is 458 g/mol. The summed E-state index contributed by atoms with van der Waals surface area (Å²) in [5.41, 5.74) is -0.861. The third-order valence-corrected chi connectivity index (χ3v) is 7.35. The minimum absolute atomic E-state index is 0.00336. The predicted molar refractivity (Wildman–Crippen MR) is 124 cm³/mol. The first kappa shape index (κ1) is 24.9. The number of ketones is 1. The van der Waals surface area contributed by atoms with Crippen molar-refractivity contribution in [2.75, 3.05) is 12.8 Å². The molecule has 0 aromatic rings. The number of Topliss-reactive ketones (excluding diaryl/α,β-unsaturated/α-hetero) is 1. The van der Waals surface area contributed by atoms with Crippen LogP contribution in [0, 0.1) is 5.41 Å². The lowest BCUT2D eigenvalue weighted by molar-refractivity contribution is -0.140. The molecule has 7 nitrogen and oxygen atoms in total. The Morgan fingerprint density at radius 1 is 1.37 bits per heavy atom. The molecule has 4 atom stereocenters. The molecule has 30 heavy (non-hydrogen) atoms. The van der Waals surface area contributed by atoms with Crippen LogP contribution in [-0.2, 0) is 14.3 Å². The quantitative estimate of drug-likeness (QED) is 0.650. The molecule has 2 fully saturated rings. The van der Waals surface area contributed by atoms with Crippen LogP contribution in [0.25, 0.3) is 0 Å². The molecule has 0 aromatic carbocycles. The number of carbonyl (C=O) groups excluding carboxylic acids is 3. The van der Waals surface area contributed by atoms with Gasteiger partial charge in [-0.1, -0.05) is 26.1 Å². The lowest BCUT2D eigenvalue weighted by atomic mass is 9.83. The molecule has 0 aromatic heterocycles. The fraction of sp³-hybridized carbons (Fsp3) is 0.810. The number of ether oxygens (including phenoxy) is 1. The zero-order valence-corrected chi connectivity index (χ0v) is 20.9. The Bertz CT molecular complexity index is 720. The number of fused-ring (bicyclic) bond motifs is 1. The van der Waals surface area contributed by atoms with Crippen LogP contribution < -0.4 is 5.32 Å². The van der Waals surface area contributed by atoms with Crippen LogP contribution >= 0.6 is 24.0 Å². The van der Waals surface area contributed by atoms with Crippen molar-refractivity contribution in [1.82, 2.24) is 15.1 Å². The van der Waals surface area contributed by atoms with E-state index < -0.39 is 29.8 Å². The van der Waals surface area contributed by atoms with Crippen LogP contribution in [0.3, 0.4) is 0 Å². The van der Waals surface area contributed by atoms with Gasteiger partial charge in [-0.15, -0.1) is 11.8 Å². The van der Waals surface area contributed by atoms with Gasteiger partial charge in [-0.05, 0) is 58.6 Å².